The summed E-state index contributed by atoms with van der Waals surface area (Å²) >= 11 is 0.384. The smallest absolute Gasteiger partial charge is 0.371 e. The Bertz CT molecular complexity index is 700. The molecule has 2 aromatic rings. The molecule has 1 nitrogen and oxygen atoms in total. The van der Waals surface area contributed by atoms with E-state index in [-0.39, 0.29) is 0 Å². The fourth-order valence-electron chi connectivity index (χ4n) is 2.10. The van der Waals surface area contributed by atoms with Crippen LogP contribution >= 0.6 is 11.8 Å². The molecule has 0 bridgehead atoms. The maximum Gasteiger partial charge on any atom is 0.427 e. The van der Waals surface area contributed by atoms with Crippen molar-refractivity contribution in [1.29, 1.82) is 0 Å². The van der Waals surface area contributed by atoms with Crippen molar-refractivity contribution in [2.45, 2.75) is 22.6 Å². The van der Waals surface area contributed by atoms with Crippen LogP contribution in [0.2, 0.25) is 0 Å². The van der Waals surface area contributed by atoms with E-state index in [2.05, 4.69) is 6.58 Å². The van der Waals surface area contributed by atoms with Gasteiger partial charge < -0.3 is 5.11 Å². The summed E-state index contributed by atoms with van der Waals surface area (Å²) in [6.07, 6.45) is -5.60. The molecule has 0 aliphatic carbocycles. The molecule has 0 spiro atoms. The molecule has 1 N–H and O–H groups in total. The first-order valence-electron chi connectivity index (χ1n) is 6.75. The highest BCUT2D eigenvalue weighted by Gasteiger charge is 2.71. The van der Waals surface area contributed by atoms with Crippen LogP contribution in [0.4, 0.5) is 22.0 Å². The molecular formula is C17H13F5OS. The molecule has 0 heterocycles. The fraction of sp³-hybridized carbons (Fsp3) is 0.176. The Hall–Kier alpha value is -1.86. The van der Waals surface area contributed by atoms with Crippen LogP contribution in [0.5, 0.6) is 0 Å². The van der Waals surface area contributed by atoms with Crippen molar-refractivity contribution in [1.82, 2.24) is 0 Å². The first-order chi connectivity index (χ1) is 11.1. The number of halogens is 5. The summed E-state index contributed by atoms with van der Waals surface area (Å²) in [6, 6.07) is 12.9. The molecule has 0 aliphatic rings. The molecule has 0 amide bonds. The Balaban J connectivity index is 2.47. The number of aliphatic hydroxyl groups is 1. The predicted molar refractivity (Wildman–Crippen MR) is 82.8 cm³/mol. The van der Waals surface area contributed by atoms with Gasteiger partial charge in [-0.2, -0.15) is 22.0 Å². The minimum Gasteiger partial charge on any atom is -0.371 e. The normalized spacial score (nSPS) is 14.9. The predicted octanol–water partition coefficient (Wildman–Crippen LogP) is 5.38. The summed E-state index contributed by atoms with van der Waals surface area (Å²) in [6.45, 7) is 3.08. The highest BCUT2D eigenvalue weighted by Crippen LogP contribution is 2.54. The van der Waals surface area contributed by atoms with Gasteiger partial charge in [-0.25, -0.2) is 0 Å². The number of rotatable bonds is 5. The van der Waals surface area contributed by atoms with Gasteiger partial charge >= 0.3 is 12.1 Å². The molecule has 24 heavy (non-hydrogen) atoms. The number of hydrogen-bond donors (Lipinski definition) is 1. The monoisotopic (exact) mass is 360 g/mol. The van der Waals surface area contributed by atoms with Gasteiger partial charge in [0, 0.05) is 4.90 Å². The molecule has 0 saturated heterocycles. The summed E-state index contributed by atoms with van der Waals surface area (Å²) in [5, 5.41) is 10.0. The number of alkyl halides is 5. The first-order valence-corrected chi connectivity index (χ1v) is 7.57. The van der Waals surface area contributed by atoms with Crippen LogP contribution in [-0.2, 0) is 5.60 Å². The molecular weight excluding hydrogens is 347 g/mol. The van der Waals surface area contributed by atoms with Crippen molar-refractivity contribution in [3.8, 4) is 0 Å². The molecule has 1 unspecified atom stereocenters. The Kier molecular flexibility index (Phi) is 5.05. The SMILES string of the molecule is C=C(Sc1ccccc1)C(F)(F)C(O)(c1ccccc1)C(F)(F)F. The molecule has 0 aliphatic heterocycles. The van der Waals surface area contributed by atoms with Crippen molar-refractivity contribution in [3.05, 3.63) is 77.7 Å². The molecule has 128 valence electrons. The van der Waals surface area contributed by atoms with Crippen LogP contribution in [0, 0.1) is 0 Å². The quantitative estimate of drug-likeness (QED) is 0.571. The topological polar surface area (TPSA) is 20.2 Å². The van der Waals surface area contributed by atoms with Crippen molar-refractivity contribution in [2.75, 3.05) is 0 Å². The van der Waals surface area contributed by atoms with Crippen LogP contribution in [0.25, 0.3) is 0 Å². The zero-order valence-corrected chi connectivity index (χ0v) is 13.0. The lowest BCUT2D eigenvalue weighted by Crippen LogP contribution is -2.56. The second-order valence-electron chi connectivity index (χ2n) is 4.99. The minimum absolute atomic E-state index is 0.291. The van der Waals surface area contributed by atoms with Gasteiger partial charge in [0.1, 0.15) is 0 Å². The molecule has 2 aromatic carbocycles. The van der Waals surface area contributed by atoms with Crippen LogP contribution in [0.3, 0.4) is 0 Å². The highest BCUT2D eigenvalue weighted by atomic mass is 32.2. The Labute approximate surface area is 139 Å². The third-order valence-electron chi connectivity index (χ3n) is 3.39. The third-order valence-corrected chi connectivity index (χ3v) is 4.40. The molecule has 2 rings (SSSR count). The van der Waals surface area contributed by atoms with E-state index in [1.54, 1.807) is 18.2 Å². The summed E-state index contributed by atoms with van der Waals surface area (Å²) in [4.78, 5) is -0.808. The molecule has 1 atom stereocenters. The molecule has 0 saturated carbocycles. The van der Waals surface area contributed by atoms with Gasteiger partial charge in [0.25, 0.3) is 5.60 Å². The average molecular weight is 360 g/mol. The van der Waals surface area contributed by atoms with Crippen LogP contribution in [0.1, 0.15) is 5.56 Å². The number of benzene rings is 2. The maximum absolute atomic E-state index is 14.6. The van der Waals surface area contributed by atoms with E-state index in [0.717, 1.165) is 24.3 Å². The van der Waals surface area contributed by atoms with E-state index in [4.69, 9.17) is 0 Å². The Morgan fingerprint density at radius 1 is 0.833 bits per heavy atom. The molecule has 0 aromatic heterocycles. The second kappa shape index (κ2) is 6.57. The molecule has 0 fully saturated rings. The second-order valence-corrected chi connectivity index (χ2v) is 6.16. The zero-order chi connectivity index (χ0) is 18.0. The number of hydrogen-bond acceptors (Lipinski definition) is 2. The largest absolute Gasteiger partial charge is 0.427 e. The van der Waals surface area contributed by atoms with E-state index >= 15 is 0 Å². The average Bonchev–Trinajstić information content (AvgIpc) is 2.54. The lowest BCUT2D eigenvalue weighted by Gasteiger charge is -2.38. The van der Waals surface area contributed by atoms with Gasteiger partial charge in [-0.05, 0) is 17.7 Å². The zero-order valence-electron chi connectivity index (χ0n) is 12.2. The molecule has 0 radical (unpaired) electrons. The van der Waals surface area contributed by atoms with E-state index in [0.29, 0.717) is 16.7 Å². The van der Waals surface area contributed by atoms with Crippen LogP contribution in [0.15, 0.2) is 77.0 Å². The summed E-state index contributed by atoms with van der Waals surface area (Å²) < 4.78 is 69.5. The summed E-state index contributed by atoms with van der Waals surface area (Å²) in [5.74, 6) is -4.65. The lowest BCUT2D eigenvalue weighted by molar-refractivity contribution is -0.327. The van der Waals surface area contributed by atoms with Gasteiger partial charge in [0.05, 0.1) is 4.91 Å². The van der Waals surface area contributed by atoms with Gasteiger partial charge in [0.15, 0.2) is 0 Å². The van der Waals surface area contributed by atoms with E-state index in [1.165, 1.54) is 18.2 Å². The van der Waals surface area contributed by atoms with E-state index in [9.17, 15) is 27.1 Å². The van der Waals surface area contributed by atoms with Crippen LogP contribution in [-0.4, -0.2) is 17.2 Å². The van der Waals surface area contributed by atoms with Crippen molar-refractivity contribution >= 4 is 11.8 Å². The van der Waals surface area contributed by atoms with Crippen molar-refractivity contribution < 1.29 is 27.1 Å². The standard InChI is InChI=1S/C17H13F5OS/c1-12(24-14-10-6-3-7-11-14)16(18,19)15(23,17(20,21)22)13-8-4-2-5-9-13/h2-11,23H,1H2. The van der Waals surface area contributed by atoms with Gasteiger partial charge in [0.2, 0.25) is 0 Å². The molecule has 7 heteroatoms. The summed E-state index contributed by atoms with van der Waals surface area (Å²) in [7, 11) is 0. The van der Waals surface area contributed by atoms with Crippen molar-refractivity contribution in [2.24, 2.45) is 0 Å². The van der Waals surface area contributed by atoms with Gasteiger partial charge in [-0.15, -0.1) is 0 Å². The number of thioether (sulfide) groups is 1. The Morgan fingerprint density at radius 2 is 1.29 bits per heavy atom. The minimum atomic E-state index is -5.60. The van der Waals surface area contributed by atoms with Crippen molar-refractivity contribution in [3.63, 3.8) is 0 Å². The maximum atomic E-state index is 14.6. The van der Waals surface area contributed by atoms with Gasteiger partial charge in [-0.1, -0.05) is 66.9 Å². The van der Waals surface area contributed by atoms with E-state index in [1.807, 2.05) is 0 Å². The third kappa shape index (κ3) is 3.18. The highest BCUT2D eigenvalue weighted by molar-refractivity contribution is 8.03. The van der Waals surface area contributed by atoms with Gasteiger partial charge in [-0.3, -0.25) is 0 Å². The lowest BCUT2D eigenvalue weighted by atomic mass is 9.86. The summed E-state index contributed by atoms with van der Waals surface area (Å²) in [5.41, 5.74) is -5.32. The Morgan fingerprint density at radius 3 is 1.75 bits per heavy atom. The van der Waals surface area contributed by atoms with E-state index < -0.39 is 28.2 Å². The van der Waals surface area contributed by atoms with Crippen LogP contribution < -0.4 is 0 Å². The first kappa shape index (κ1) is 18.5. The fourth-order valence-corrected chi connectivity index (χ4v) is 2.95.